The molecule has 0 saturated carbocycles. The summed E-state index contributed by atoms with van der Waals surface area (Å²) in [4.78, 5) is 24.8. The molecule has 1 aromatic carbocycles. The SMILES string of the molecule is O=C(O)CC1C(=O)NCCN1c1snc2ccccc12. The van der Waals surface area contributed by atoms with Crippen LogP contribution in [-0.4, -0.2) is 40.5 Å². The fourth-order valence-corrected chi connectivity index (χ4v) is 3.35. The first-order chi connectivity index (χ1) is 9.66. The third-order valence-corrected chi connectivity index (χ3v) is 4.24. The van der Waals surface area contributed by atoms with Gasteiger partial charge in [0.05, 0.1) is 11.9 Å². The molecule has 1 unspecified atom stereocenters. The molecule has 6 nitrogen and oxygen atoms in total. The van der Waals surface area contributed by atoms with Gasteiger partial charge in [-0.3, -0.25) is 9.59 Å². The van der Waals surface area contributed by atoms with Crippen molar-refractivity contribution < 1.29 is 14.7 Å². The van der Waals surface area contributed by atoms with E-state index < -0.39 is 12.0 Å². The van der Waals surface area contributed by atoms with Crippen LogP contribution in [0.5, 0.6) is 0 Å². The smallest absolute Gasteiger partial charge is 0.305 e. The number of benzene rings is 1. The number of aliphatic carboxylic acids is 1. The second kappa shape index (κ2) is 5.09. The van der Waals surface area contributed by atoms with Crippen molar-refractivity contribution in [2.45, 2.75) is 12.5 Å². The van der Waals surface area contributed by atoms with Gasteiger partial charge in [0.15, 0.2) is 0 Å². The highest BCUT2D eigenvalue weighted by molar-refractivity contribution is 7.11. The normalized spacial score (nSPS) is 19.1. The van der Waals surface area contributed by atoms with E-state index in [0.29, 0.717) is 13.1 Å². The summed E-state index contributed by atoms with van der Waals surface area (Å²) in [6, 6.07) is 6.99. The molecule has 2 N–H and O–H groups in total. The number of carboxylic acids is 1. The Morgan fingerprint density at radius 2 is 2.30 bits per heavy atom. The predicted molar refractivity (Wildman–Crippen MR) is 76.0 cm³/mol. The van der Waals surface area contributed by atoms with E-state index >= 15 is 0 Å². The van der Waals surface area contributed by atoms with E-state index in [9.17, 15) is 9.59 Å². The topological polar surface area (TPSA) is 82.5 Å². The van der Waals surface area contributed by atoms with Crippen LogP contribution in [0.25, 0.3) is 10.9 Å². The molecule has 0 bridgehead atoms. The largest absolute Gasteiger partial charge is 0.481 e. The summed E-state index contributed by atoms with van der Waals surface area (Å²) >= 11 is 1.31. The summed E-state index contributed by atoms with van der Waals surface area (Å²) in [6.07, 6.45) is -0.210. The van der Waals surface area contributed by atoms with Crippen LogP contribution in [0.3, 0.4) is 0 Å². The van der Waals surface area contributed by atoms with Crippen LogP contribution in [0.4, 0.5) is 5.00 Å². The highest BCUT2D eigenvalue weighted by Crippen LogP contribution is 2.33. The Balaban J connectivity index is 2.01. The second-order valence-corrected chi connectivity index (χ2v) is 5.35. The zero-order chi connectivity index (χ0) is 14.1. The number of carboxylic acid groups (broad SMARTS) is 1. The Bertz CT molecular complexity index is 670. The van der Waals surface area contributed by atoms with Gasteiger partial charge in [0.2, 0.25) is 5.91 Å². The standard InChI is InChI=1S/C13H13N3O3S/c17-11(18)7-10-12(19)14-5-6-16(10)13-8-3-1-2-4-9(8)15-20-13/h1-4,10H,5-7H2,(H,14,19)(H,17,18). The van der Waals surface area contributed by atoms with Gasteiger partial charge in [-0.1, -0.05) is 12.1 Å². The number of rotatable bonds is 3. The van der Waals surface area contributed by atoms with Gasteiger partial charge in [-0.25, -0.2) is 0 Å². The van der Waals surface area contributed by atoms with Gasteiger partial charge in [0.1, 0.15) is 11.0 Å². The minimum absolute atomic E-state index is 0.210. The first-order valence-electron chi connectivity index (χ1n) is 6.27. The molecule has 7 heteroatoms. The van der Waals surface area contributed by atoms with Crippen molar-refractivity contribution in [2.24, 2.45) is 0 Å². The van der Waals surface area contributed by atoms with Crippen molar-refractivity contribution in [3.8, 4) is 0 Å². The Hall–Kier alpha value is -2.15. The van der Waals surface area contributed by atoms with E-state index in [1.54, 1.807) is 0 Å². The number of piperazine rings is 1. The van der Waals surface area contributed by atoms with Crippen molar-refractivity contribution in [1.29, 1.82) is 0 Å². The maximum atomic E-state index is 11.9. The van der Waals surface area contributed by atoms with Crippen molar-refractivity contribution >= 4 is 39.3 Å². The molecule has 0 radical (unpaired) electrons. The Morgan fingerprint density at radius 3 is 3.10 bits per heavy atom. The molecule has 1 aliphatic rings. The molecule has 2 aromatic rings. The zero-order valence-corrected chi connectivity index (χ0v) is 11.4. The Kier molecular flexibility index (Phi) is 3.27. The minimum atomic E-state index is -0.981. The zero-order valence-electron chi connectivity index (χ0n) is 10.6. The number of hydrogen-bond acceptors (Lipinski definition) is 5. The molecule has 1 saturated heterocycles. The lowest BCUT2D eigenvalue weighted by atomic mass is 10.1. The van der Waals surface area contributed by atoms with Crippen LogP contribution in [0.2, 0.25) is 0 Å². The van der Waals surface area contributed by atoms with Gasteiger partial charge in [-0.2, -0.15) is 4.37 Å². The van der Waals surface area contributed by atoms with Crippen molar-refractivity contribution in [3.05, 3.63) is 24.3 Å². The van der Waals surface area contributed by atoms with Gasteiger partial charge in [-0.15, -0.1) is 0 Å². The van der Waals surface area contributed by atoms with E-state index in [1.807, 2.05) is 29.2 Å². The molecular weight excluding hydrogens is 278 g/mol. The highest BCUT2D eigenvalue weighted by Gasteiger charge is 2.33. The van der Waals surface area contributed by atoms with Crippen LogP contribution in [0, 0.1) is 0 Å². The van der Waals surface area contributed by atoms with Crippen LogP contribution < -0.4 is 10.2 Å². The molecule has 3 rings (SSSR count). The van der Waals surface area contributed by atoms with E-state index in [2.05, 4.69) is 9.69 Å². The summed E-state index contributed by atoms with van der Waals surface area (Å²) in [6.45, 7) is 1.11. The maximum Gasteiger partial charge on any atom is 0.305 e. The number of aromatic nitrogens is 1. The quantitative estimate of drug-likeness (QED) is 0.884. The van der Waals surface area contributed by atoms with Gasteiger partial charge in [0.25, 0.3) is 0 Å². The molecule has 2 heterocycles. The fourth-order valence-electron chi connectivity index (χ4n) is 2.41. The summed E-state index contributed by atoms with van der Waals surface area (Å²) < 4.78 is 4.35. The number of anilines is 1. The van der Waals surface area contributed by atoms with Gasteiger partial charge >= 0.3 is 5.97 Å². The molecule has 20 heavy (non-hydrogen) atoms. The lowest BCUT2D eigenvalue weighted by molar-refractivity contribution is -0.139. The van der Waals surface area contributed by atoms with Gasteiger partial charge in [0, 0.05) is 18.5 Å². The first kappa shape index (κ1) is 12.9. The molecule has 104 valence electrons. The second-order valence-electron chi connectivity index (χ2n) is 4.60. The average Bonchev–Trinajstić information content (AvgIpc) is 2.84. The number of carbonyl (C=O) groups is 2. The van der Waals surface area contributed by atoms with Gasteiger partial charge in [-0.05, 0) is 23.7 Å². The van der Waals surface area contributed by atoms with E-state index in [1.165, 1.54) is 11.5 Å². The third-order valence-electron chi connectivity index (χ3n) is 3.32. The molecule has 1 aliphatic heterocycles. The summed E-state index contributed by atoms with van der Waals surface area (Å²) in [7, 11) is 0. The molecular formula is C13H13N3O3S. The highest BCUT2D eigenvalue weighted by atomic mass is 32.1. The molecule has 1 atom stereocenters. The van der Waals surface area contributed by atoms with Crippen molar-refractivity contribution in [2.75, 3.05) is 18.0 Å². The molecule has 1 aromatic heterocycles. The number of carbonyl (C=O) groups excluding carboxylic acids is 1. The first-order valence-corrected chi connectivity index (χ1v) is 7.04. The van der Waals surface area contributed by atoms with Crippen LogP contribution in [0.1, 0.15) is 6.42 Å². The molecule has 1 amide bonds. The van der Waals surface area contributed by atoms with E-state index in [0.717, 1.165) is 15.9 Å². The van der Waals surface area contributed by atoms with E-state index in [-0.39, 0.29) is 12.3 Å². The average molecular weight is 291 g/mol. The number of amides is 1. The molecule has 0 spiro atoms. The Labute approximate surface area is 119 Å². The van der Waals surface area contributed by atoms with Crippen molar-refractivity contribution in [3.63, 3.8) is 0 Å². The fraction of sp³-hybridized carbons (Fsp3) is 0.308. The summed E-state index contributed by atoms with van der Waals surface area (Å²) in [5.74, 6) is -1.22. The third kappa shape index (κ3) is 2.20. The van der Waals surface area contributed by atoms with Crippen LogP contribution >= 0.6 is 11.5 Å². The summed E-state index contributed by atoms with van der Waals surface area (Å²) in [5.41, 5.74) is 0.868. The predicted octanol–water partition coefficient (Wildman–Crippen LogP) is 1.08. The number of hydrogen-bond donors (Lipinski definition) is 2. The lowest BCUT2D eigenvalue weighted by Crippen LogP contribution is -2.56. The number of nitrogens with zero attached hydrogens (tertiary/aromatic N) is 2. The Morgan fingerprint density at radius 1 is 1.50 bits per heavy atom. The monoisotopic (exact) mass is 291 g/mol. The van der Waals surface area contributed by atoms with Gasteiger partial charge < -0.3 is 15.3 Å². The molecule has 1 fully saturated rings. The minimum Gasteiger partial charge on any atom is -0.481 e. The van der Waals surface area contributed by atoms with Crippen LogP contribution in [0.15, 0.2) is 24.3 Å². The van der Waals surface area contributed by atoms with Crippen LogP contribution in [-0.2, 0) is 9.59 Å². The number of nitrogens with one attached hydrogen (secondary N) is 1. The maximum absolute atomic E-state index is 11.9. The summed E-state index contributed by atoms with van der Waals surface area (Å²) in [5, 5.41) is 13.5. The van der Waals surface area contributed by atoms with Crippen molar-refractivity contribution in [1.82, 2.24) is 9.69 Å². The number of fused-ring (bicyclic) bond motifs is 1. The van der Waals surface area contributed by atoms with E-state index in [4.69, 9.17) is 5.11 Å². The molecule has 0 aliphatic carbocycles. The lowest BCUT2D eigenvalue weighted by Gasteiger charge is -2.34.